The molecule has 0 saturated carbocycles. The molecule has 0 aliphatic heterocycles. The van der Waals surface area contributed by atoms with Crippen LogP contribution in [0, 0.1) is 0 Å². The Hall–Kier alpha value is -2.05. The number of nitrogens with zero attached hydrogens (tertiary/aromatic N) is 2. The Balaban J connectivity index is 1.83. The third kappa shape index (κ3) is 4.21. The standard InChI is InChI=1S/C14H22N4O3/c1-18(2)12(19)8-9-15-14(20)16-13-10-6-4-3-5-7-11(10)21-17-13/h3-9H2,1-2H3,(H2,15,16,17,20). The van der Waals surface area contributed by atoms with Gasteiger partial charge in [0, 0.05) is 39.0 Å². The van der Waals surface area contributed by atoms with E-state index in [1.165, 1.54) is 11.3 Å². The Labute approximate surface area is 124 Å². The fourth-order valence-electron chi connectivity index (χ4n) is 2.32. The molecule has 2 rings (SSSR count). The van der Waals surface area contributed by atoms with Crippen LogP contribution in [0.1, 0.15) is 37.0 Å². The van der Waals surface area contributed by atoms with E-state index in [0.717, 1.165) is 37.0 Å². The number of rotatable bonds is 4. The predicted molar refractivity (Wildman–Crippen MR) is 78.1 cm³/mol. The van der Waals surface area contributed by atoms with Gasteiger partial charge in [-0.1, -0.05) is 11.6 Å². The van der Waals surface area contributed by atoms with Gasteiger partial charge in [-0.25, -0.2) is 4.79 Å². The van der Waals surface area contributed by atoms with Gasteiger partial charge in [-0.3, -0.25) is 10.1 Å². The number of nitrogens with one attached hydrogen (secondary N) is 2. The zero-order valence-corrected chi connectivity index (χ0v) is 12.6. The normalized spacial score (nSPS) is 14.0. The number of aromatic nitrogens is 1. The summed E-state index contributed by atoms with van der Waals surface area (Å²) in [6.45, 7) is 0.295. The van der Waals surface area contributed by atoms with E-state index in [-0.39, 0.29) is 18.4 Å². The van der Waals surface area contributed by atoms with E-state index < -0.39 is 0 Å². The lowest BCUT2D eigenvalue weighted by Gasteiger charge is -2.10. The SMILES string of the molecule is CN(C)C(=O)CCNC(=O)Nc1noc2c1CCCCC2. The monoisotopic (exact) mass is 294 g/mol. The number of carbonyl (C=O) groups is 2. The number of hydrogen-bond acceptors (Lipinski definition) is 4. The molecular formula is C14H22N4O3. The first-order valence-electron chi connectivity index (χ1n) is 7.30. The molecule has 116 valence electrons. The van der Waals surface area contributed by atoms with Crippen molar-refractivity contribution in [1.82, 2.24) is 15.4 Å². The van der Waals surface area contributed by atoms with Gasteiger partial charge in [0.05, 0.1) is 0 Å². The van der Waals surface area contributed by atoms with Gasteiger partial charge in [0.15, 0.2) is 5.82 Å². The van der Waals surface area contributed by atoms with Crippen molar-refractivity contribution in [2.24, 2.45) is 0 Å². The van der Waals surface area contributed by atoms with E-state index in [1.807, 2.05) is 0 Å². The summed E-state index contributed by atoms with van der Waals surface area (Å²) in [7, 11) is 3.38. The molecule has 0 spiro atoms. The summed E-state index contributed by atoms with van der Waals surface area (Å²) in [5.41, 5.74) is 1.01. The van der Waals surface area contributed by atoms with Crippen molar-refractivity contribution < 1.29 is 14.1 Å². The molecule has 0 fully saturated rings. The second-order valence-electron chi connectivity index (χ2n) is 5.41. The van der Waals surface area contributed by atoms with Crippen LogP contribution in [0.3, 0.4) is 0 Å². The Morgan fingerprint density at radius 3 is 2.76 bits per heavy atom. The predicted octanol–water partition coefficient (Wildman–Crippen LogP) is 1.54. The molecule has 1 aliphatic rings. The number of carbonyl (C=O) groups excluding carboxylic acids is 2. The van der Waals surface area contributed by atoms with Crippen LogP contribution in [0.2, 0.25) is 0 Å². The van der Waals surface area contributed by atoms with Crippen molar-refractivity contribution >= 4 is 17.8 Å². The first kappa shape index (κ1) is 15.3. The zero-order chi connectivity index (χ0) is 15.2. The van der Waals surface area contributed by atoms with Gasteiger partial charge >= 0.3 is 6.03 Å². The van der Waals surface area contributed by atoms with E-state index in [1.54, 1.807) is 14.1 Å². The Morgan fingerprint density at radius 1 is 1.24 bits per heavy atom. The van der Waals surface area contributed by atoms with E-state index >= 15 is 0 Å². The van der Waals surface area contributed by atoms with Crippen LogP contribution in [-0.2, 0) is 17.6 Å². The van der Waals surface area contributed by atoms with Crippen molar-refractivity contribution in [3.63, 3.8) is 0 Å². The van der Waals surface area contributed by atoms with Crippen LogP contribution in [0.5, 0.6) is 0 Å². The van der Waals surface area contributed by atoms with Crippen LogP contribution in [0.15, 0.2) is 4.52 Å². The lowest BCUT2D eigenvalue weighted by Crippen LogP contribution is -2.33. The molecule has 0 saturated heterocycles. The third-order valence-corrected chi connectivity index (χ3v) is 3.56. The summed E-state index contributed by atoms with van der Waals surface area (Å²) in [6, 6.07) is -0.359. The molecule has 7 heteroatoms. The van der Waals surface area contributed by atoms with E-state index in [2.05, 4.69) is 15.8 Å². The quantitative estimate of drug-likeness (QED) is 0.825. The highest BCUT2D eigenvalue weighted by molar-refractivity contribution is 5.89. The molecule has 2 N–H and O–H groups in total. The van der Waals surface area contributed by atoms with Crippen molar-refractivity contribution in [2.75, 3.05) is 26.0 Å². The summed E-state index contributed by atoms with van der Waals surface area (Å²) >= 11 is 0. The number of amides is 3. The van der Waals surface area contributed by atoms with Crippen LogP contribution in [0.25, 0.3) is 0 Å². The minimum absolute atomic E-state index is 0.0226. The molecule has 3 amide bonds. The second-order valence-corrected chi connectivity index (χ2v) is 5.41. The largest absolute Gasteiger partial charge is 0.359 e. The highest BCUT2D eigenvalue weighted by atomic mass is 16.5. The second kappa shape index (κ2) is 7.10. The maximum atomic E-state index is 11.8. The number of aryl methyl sites for hydroxylation is 1. The molecule has 21 heavy (non-hydrogen) atoms. The molecule has 0 radical (unpaired) electrons. The average Bonchev–Trinajstić information content (AvgIpc) is 2.68. The Bertz CT molecular complexity index is 510. The van der Waals surface area contributed by atoms with Crippen LogP contribution < -0.4 is 10.6 Å². The smallest absolute Gasteiger partial charge is 0.320 e. The molecule has 1 aromatic rings. The fourth-order valence-corrected chi connectivity index (χ4v) is 2.32. The molecule has 7 nitrogen and oxygen atoms in total. The maximum Gasteiger partial charge on any atom is 0.320 e. The van der Waals surface area contributed by atoms with Crippen LogP contribution in [0.4, 0.5) is 10.6 Å². The Morgan fingerprint density at radius 2 is 2.00 bits per heavy atom. The topological polar surface area (TPSA) is 87.5 Å². The van der Waals surface area contributed by atoms with Crippen molar-refractivity contribution in [1.29, 1.82) is 0 Å². The summed E-state index contributed by atoms with van der Waals surface area (Å²) in [5.74, 6) is 1.36. The van der Waals surface area contributed by atoms with Crippen molar-refractivity contribution in [3.05, 3.63) is 11.3 Å². The van der Waals surface area contributed by atoms with E-state index in [9.17, 15) is 9.59 Å². The van der Waals surface area contributed by atoms with Gasteiger partial charge in [-0.15, -0.1) is 0 Å². The Kier molecular flexibility index (Phi) is 5.19. The van der Waals surface area contributed by atoms with Gasteiger partial charge in [-0.2, -0.15) is 0 Å². The number of hydrogen-bond donors (Lipinski definition) is 2. The van der Waals surface area contributed by atoms with Crippen LogP contribution >= 0.6 is 0 Å². The molecule has 0 bridgehead atoms. The van der Waals surface area contributed by atoms with Crippen molar-refractivity contribution in [2.45, 2.75) is 38.5 Å². The summed E-state index contributed by atoms with van der Waals surface area (Å²) in [4.78, 5) is 24.7. The zero-order valence-electron chi connectivity index (χ0n) is 12.6. The molecule has 1 heterocycles. The van der Waals surface area contributed by atoms with Gasteiger partial charge in [0.2, 0.25) is 5.91 Å². The highest BCUT2D eigenvalue weighted by Gasteiger charge is 2.19. The average molecular weight is 294 g/mol. The van der Waals surface area contributed by atoms with Gasteiger partial charge in [-0.05, 0) is 19.3 Å². The number of fused-ring (bicyclic) bond motifs is 1. The molecule has 1 aliphatic carbocycles. The fraction of sp³-hybridized carbons (Fsp3) is 0.643. The molecule has 0 atom stereocenters. The molecular weight excluding hydrogens is 272 g/mol. The van der Waals surface area contributed by atoms with E-state index in [4.69, 9.17) is 4.52 Å². The first-order chi connectivity index (χ1) is 10.1. The lowest BCUT2D eigenvalue weighted by atomic mass is 10.1. The minimum Gasteiger partial charge on any atom is -0.359 e. The van der Waals surface area contributed by atoms with Crippen LogP contribution in [-0.4, -0.2) is 42.6 Å². The third-order valence-electron chi connectivity index (χ3n) is 3.56. The minimum atomic E-state index is -0.359. The van der Waals surface area contributed by atoms with E-state index in [0.29, 0.717) is 12.4 Å². The van der Waals surface area contributed by atoms with Gasteiger partial charge in [0.25, 0.3) is 0 Å². The highest BCUT2D eigenvalue weighted by Crippen LogP contribution is 2.26. The number of anilines is 1. The molecule has 0 aromatic carbocycles. The summed E-state index contributed by atoms with van der Waals surface area (Å²) in [5, 5.41) is 9.28. The van der Waals surface area contributed by atoms with Crippen molar-refractivity contribution in [3.8, 4) is 0 Å². The summed E-state index contributed by atoms with van der Waals surface area (Å²) < 4.78 is 5.29. The summed E-state index contributed by atoms with van der Waals surface area (Å²) in [6.07, 6.45) is 5.39. The molecule has 0 unspecified atom stereocenters. The first-order valence-corrected chi connectivity index (χ1v) is 7.30. The molecule has 1 aromatic heterocycles. The number of urea groups is 1. The lowest BCUT2D eigenvalue weighted by molar-refractivity contribution is -0.128. The van der Waals surface area contributed by atoms with Gasteiger partial charge in [0.1, 0.15) is 5.76 Å². The van der Waals surface area contributed by atoms with Gasteiger partial charge < -0.3 is 14.7 Å². The maximum absolute atomic E-state index is 11.8.